The van der Waals surface area contributed by atoms with Gasteiger partial charge in [0.25, 0.3) is 0 Å². The Morgan fingerprint density at radius 3 is 2.57 bits per heavy atom. The Morgan fingerprint density at radius 2 is 2.07 bits per heavy atom. The Labute approximate surface area is 78.5 Å². The highest BCUT2D eigenvalue weighted by Crippen LogP contribution is 2.23. The topological polar surface area (TPSA) is 33.0 Å². The van der Waals surface area contributed by atoms with Crippen molar-refractivity contribution >= 4 is 0 Å². The van der Waals surface area contributed by atoms with E-state index in [0.29, 0.717) is 0 Å². The van der Waals surface area contributed by atoms with Gasteiger partial charge in [0.1, 0.15) is 17.6 Å². The summed E-state index contributed by atoms with van der Waals surface area (Å²) in [5, 5.41) is 8.55. The van der Waals surface area contributed by atoms with Crippen LogP contribution in [0.15, 0.2) is 12.1 Å². The molecule has 0 unspecified atom stereocenters. The Morgan fingerprint density at radius 1 is 1.43 bits per heavy atom. The van der Waals surface area contributed by atoms with E-state index in [4.69, 9.17) is 5.26 Å². The van der Waals surface area contributed by atoms with Crippen molar-refractivity contribution in [2.75, 3.05) is 0 Å². The first-order chi connectivity index (χ1) is 6.54. The molecule has 0 radical (unpaired) electrons. The van der Waals surface area contributed by atoms with E-state index in [-0.39, 0.29) is 11.1 Å². The van der Waals surface area contributed by atoms with Gasteiger partial charge < -0.3 is 4.74 Å². The van der Waals surface area contributed by atoms with Crippen molar-refractivity contribution in [3.8, 4) is 11.8 Å². The summed E-state index contributed by atoms with van der Waals surface area (Å²) in [6.45, 7) is -1.63. The van der Waals surface area contributed by atoms with Crippen molar-refractivity contribution in [2.45, 2.75) is 13.5 Å². The minimum absolute atomic E-state index is 0.107. The maximum atomic E-state index is 12.9. The van der Waals surface area contributed by atoms with Crippen LogP contribution in [0.3, 0.4) is 0 Å². The molecule has 2 nitrogen and oxygen atoms in total. The Balaban J connectivity index is 3.15. The largest absolute Gasteiger partial charge is 0.433 e. The third-order valence-corrected chi connectivity index (χ3v) is 1.60. The number of benzene rings is 1. The van der Waals surface area contributed by atoms with Crippen LogP contribution in [0, 0.1) is 24.1 Å². The lowest BCUT2D eigenvalue weighted by Crippen LogP contribution is -2.04. The van der Waals surface area contributed by atoms with Crippen molar-refractivity contribution in [1.29, 1.82) is 5.26 Å². The first-order valence-corrected chi connectivity index (χ1v) is 3.69. The second-order valence-corrected chi connectivity index (χ2v) is 2.59. The first-order valence-electron chi connectivity index (χ1n) is 3.69. The summed E-state index contributed by atoms with van der Waals surface area (Å²) in [7, 11) is 0. The average Bonchev–Trinajstić information content (AvgIpc) is 2.10. The molecule has 5 heteroatoms. The van der Waals surface area contributed by atoms with E-state index in [2.05, 4.69) is 4.74 Å². The molecule has 0 aliphatic heterocycles. The highest BCUT2D eigenvalue weighted by Gasteiger charge is 2.12. The third-order valence-electron chi connectivity index (χ3n) is 1.60. The molecule has 0 aliphatic rings. The number of nitriles is 1. The van der Waals surface area contributed by atoms with Crippen molar-refractivity contribution in [2.24, 2.45) is 0 Å². The van der Waals surface area contributed by atoms with Crippen LogP contribution in [0.2, 0.25) is 0 Å². The molecule has 0 spiro atoms. The van der Waals surface area contributed by atoms with Crippen LogP contribution in [0.5, 0.6) is 5.75 Å². The van der Waals surface area contributed by atoms with Gasteiger partial charge >= 0.3 is 6.61 Å². The molecule has 1 aromatic carbocycles. The SMILES string of the molecule is Cc1cc(C#N)c(OC(F)F)cc1F. The molecule has 14 heavy (non-hydrogen) atoms. The van der Waals surface area contributed by atoms with Gasteiger partial charge in [-0.3, -0.25) is 0 Å². The average molecular weight is 201 g/mol. The van der Waals surface area contributed by atoms with Gasteiger partial charge in [-0.1, -0.05) is 0 Å². The van der Waals surface area contributed by atoms with Crippen molar-refractivity contribution in [3.63, 3.8) is 0 Å². The molecule has 0 amide bonds. The summed E-state index contributed by atoms with van der Waals surface area (Å²) >= 11 is 0. The molecule has 0 N–H and O–H groups in total. The maximum absolute atomic E-state index is 12.9. The molecule has 0 bridgehead atoms. The fraction of sp³-hybridized carbons (Fsp3) is 0.222. The van der Waals surface area contributed by atoms with Gasteiger partial charge in [-0.2, -0.15) is 14.0 Å². The zero-order chi connectivity index (χ0) is 10.7. The molecule has 0 fully saturated rings. The van der Waals surface area contributed by atoms with Crippen molar-refractivity contribution < 1.29 is 17.9 Å². The van der Waals surface area contributed by atoms with E-state index in [9.17, 15) is 13.2 Å². The Kier molecular flexibility index (Phi) is 2.97. The van der Waals surface area contributed by atoms with E-state index in [0.717, 1.165) is 12.1 Å². The Bertz CT molecular complexity index is 384. The fourth-order valence-corrected chi connectivity index (χ4v) is 0.944. The zero-order valence-electron chi connectivity index (χ0n) is 7.22. The van der Waals surface area contributed by atoms with E-state index in [1.54, 1.807) is 6.07 Å². The van der Waals surface area contributed by atoms with E-state index in [1.807, 2.05) is 0 Å². The van der Waals surface area contributed by atoms with Gasteiger partial charge in [0.2, 0.25) is 0 Å². The smallest absolute Gasteiger partial charge is 0.387 e. The fourth-order valence-electron chi connectivity index (χ4n) is 0.944. The van der Waals surface area contributed by atoms with Crippen LogP contribution < -0.4 is 4.74 Å². The lowest BCUT2D eigenvalue weighted by molar-refractivity contribution is -0.0502. The van der Waals surface area contributed by atoms with Crippen LogP contribution in [0.25, 0.3) is 0 Å². The number of nitrogens with zero attached hydrogens (tertiary/aromatic N) is 1. The van der Waals surface area contributed by atoms with Gasteiger partial charge in [0, 0.05) is 6.07 Å². The summed E-state index contributed by atoms with van der Waals surface area (Å²) < 4.78 is 40.5. The predicted octanol–water partition coefficient (Wildman–Crippen LogP) is 2.61. The quantitative estimate of drug-likeness (QED) is 0.736. The number of hydrogen-bond donors (Lipinski definition) is 0. The third kappa shape index (κ3) is 2.16. The zero-order valence-corrected chi connectivity index (χ0v) is 7.22. The van der Waals surface area contributed by atoms with E-state index >= 15 is 0 Å². The normalized spacial score (nSPS) is 10.0. The van der Waals surface area contributed by atoms with Gasteiger partial charge in [-0.05, 0) is 18.6 Å². The van der Waals surface area contributed by atoms with E-state index < -0.39 is 18.2 Å². The van der Waals surface area contributed by atoms with Crippen LogP contribution in [-0.4, -0.2) is 6.61 Å². The summed E-state index contributed by atoms with van der Waals surface area (Å²) in [4.78, 5) is 0. The number of halogens is 3. The number of ether oxygens (including phenoxy) is 1. The predicted molar refractivity (Wildman–Crippen MR) is 42.5 cm³/mol. The molecule has 1 rings (SSSR count). The van der Waals surface area contributed by atoms with Crippen molar-refractivity contribution in [1.82, 2.24) is 0 Å². The number of rotatable bonds is 2. The summed E-state index contributed by atoms with van der Waals surface area (Å²) in [6, 6.07) is 3.58. The van der Waals surface area contributed by atoms with Crippen LogP contribution >= 0.6 is 0 Å². The van der Waals surface area contributed by atoms with Crippen LogP contribution in [-0.2, 0) is 0 Å². The minimum Gasteiger partial charge on any atom is -0.433 e. The van der Waals surface area contributed by atoms with Gasteiger partial charge in [-0.25, -0.2) is 4.39 Å². The summed E-state index contributed by atoms with van der Waals surface area (Å²) in [6.07, 6.45) is 0. The molecule has 0 aromatic heterocycles. The second-order valence-electron chi connectivity index (χ2n) is 2.59. The summed E-state index contributed by atoms with van der Waals surface area (Å²) in [5.41, 5.74) is 0.104. The molecule has 74 valence electrons. The van der Waals surface area contributed by atoms with Gasteiger partial charge in [0.15, 0.2) is 0 Å². The molecule has 0 heterocycles. The molecule has 0 aliphatic carbocycles. The highest BCUT2D eigenvalue weighted by molar-refractivity contribution is 5.45. The first kappa shape index (κ1) is 10.4. The Hall–Kier alpha value is -1.70. The molecular formula is C9H6F3NO. The van der Waals surface area contributed by atoms with Gasteiger partial charge in [-0.15, -0.1) is 0 Å². The van der Waals surface area contributed by atoms with Gasteiger partial charge in [0.05, 0.1) is 5.56 Å². The molecule has 1 aromatic rings. The van der Waals surface area contributed by atoms with E-state index in [1.165, 1.54) is 6.92 Å². The summed E-state index contributed by atoms with van der Waals surface area (Å²) in [5.74, 6) is -1.12. The number of hydrogen-bond acceptors (Lipinski definition) is 2. The number of aryl methyl sites for hydroxylation is 1. The molecule has 0 saturated heterocycles. The monoisotopic (exact) mass is 201 g/mol. The lowest BCUT2D eigenvalue weighted by atomic mass is 10.1. The number of alkyl halides is 2. The van der Waals surface area contributed by atoms with Crippen molar-refractivity contribution in [3.05, 3.63) is 29.1 Å². The highest BCUT2D eigenvalue weighted by atomic mass is 19.3. The maximum Gasteiger partial charge on any atom is 0.387 e. The lowest BCUT2D eigenvalue weighted by Gasteiger charge is -2.07. The molecule has 0 saturated carbocycles. The standard InChI is InChI=1S/C9H6F3NO/c1-5-2-6(4-13)8(3-7(5)10)14-9(11)12/h2-3,9H,1H3. The molecule has 0 atom stereocenters. The van der Waals surface area contributed by atoms with Crippen LogP contribution in [0.1, 0.15) is 11.1 Å². The second kappa shape index (κ2) is 4.01. The molecular weight excluding hydrogens is 195 g/mol. The minimum atomic E-state index is -3.07. The van der Waals surface area contributed by atoms with Crippen LogP contribution in [0.4, 0.5) is 13.2 Å².